The number of amides is 1. The summed E-state index contributed by atoms with van der Waals surface area (Å²) >= 11 is 0. The van der Waals surface area contributed by atoms with E-state index in [2.05, 4.69) is 15.3 Å². The molecule has 27 heavy (non-hydrogen) atoms. The van der Waals surface area contributed by atoms with E-state index in [4.69, 9.17) is 4.98 Å². The molecule has 1 N–H and O–H groups in total. The van der Waals surface area contributed by atoms with Gasteiger partial charge in [0.25, 0.3) is 5.91 Å². The van der Waals surface area contributed by atoms with Gasteiger partial charge in [0.15, 0.2) is 5.82 Å². The number of aryl methyl sites for hydroxylation is 2. The van der Waals surface area contributed by atoms with Crippen molar-refractivity contribution in [1.82, 2.24) is 24.8 Å². The molecule has 6 heteroatoms. The lowest BCUT2D eigenvalue weighted by atomic mass is 9.92. The van der Waals surface area contributed by atoms with Crippen molar-refractivity contribution < 1.29 is 4.79 Å². The van der Waals surface area contributed by atoms with E-state index in [1.54, 1.807) is 6.20 Å². The molecule has 0 spiro atoms. The molecule has 1 amide bonds. The molecule has 2 aromatic heterocycles. The van der Waals surface area contributed by atoms with E-state index >= 15 is 0 Å². The fourth-order valence-electron chi connectivity index (χ4n) is 4.06. The monoisotopic (exact) mass is 359 g/mol. The molecular weight excluding hydrogens is 338 g/mol. The number of nitrogens with one attached hydrogen (secondary N) is 1. The summed E-state index contributed by atoms with van der Waals surface area (Å²) in [5.41, 5.74) is 3.94. The molecule has 3 heterocycles. The molecule has 5 rings (SSSR count). The van der Waals surface area contributed by atoms with E-state index in [-0.39, 0.29) is 11.9 Å². The first-order valence-electron chi connectivity index (χ1n) is 9.53. The number of aromatic nitrogens is 4. The summed E-state index contributed by atoms with van der Waals surface area (Å²) in [6.45, 7) is 0.891. The van der Waals surface area contributed by atoms with E-state index < -0.39 is 0 Å². The molecule has 6 nitrogen and oxygen atoms in total. The molecular formula is C21H21N5O. The Morgan fingerprint density at radius 2 is 2.00 bits per heavy atom. The Balaban J connectivity index is 1.30. The molecule has 3 aromatic rings. The van der Waals surface area contributed by atoms with Crippen molar-refractivity contribution in [1.29, 1.82) is 0 Å². The molecule has 2 aliphatic rings. The summed E-state index contributed by atoms with van der Waals surface area (Å²) in [4.78, 5) is 26.3. The maximum atomic E-state index is 12.7. The number of benzene rings is 1. The Morgan fingerprint density at radius 1 is 1.11 bits per heavy atom. The van der Waals surface area contributed by atoms with Crippen LogP contribution in [0.4, 0.5) is 0 Å². The van der Waals surface area contributed by atoms with Gasteiger partial charge in [0.1, 0.15) is 11.5 Å². The summed E-state index contributed by atoms with van der Waals surface area (Å²) in [6, 6.07) is 10.2. The summed E-state index contributed by atoms with van der Waals surface area (Å²) in [7, 11) is 0. The number of nitrogens with zero attached hydrogens (tertiary/aromatic N) is 4. The fourth-order valence-corrected chi connectivity index (χ4v) is 4.06. The number of hydrogen-bond donors (Lipinski definition) is 1. The van der Waals surface area contributed by atoms with Crippen molar-refractivity contribution in [3.8, 4) is 11.4 Å². The van der Waals surface area contributed by atoms with Crippen LogP contribution in [0.3, 0.4) is 0 Å². The van der Waals surface area contributed by atoms with E-state index in [1.807, 2.05) is 41.1 Å². The highest BCUT2D eigenvalue weighted by molar-refractivity contribution is 5.92. The smallest absolute Gasteiger partial charge is 0.269 e. The highest BCUT2D eigenvalue weighted by Crippen LogP contribution is 2.23. The van der Waals surface area contributed by atoms with Gasteiger partial charge in [-0.1, -0.05) is 30.3 Å². The Labute approximate surface area is 157 Å². The molecule has 1 unspecified atom stereocenters. The van der Waals surface area contributed by atoms with Gasteiger partial charge in [-0.15, -0.1) is 0 Å². The van der Waals surface area contributed by atoms with Crippen molar-refractivity contribution >= 4 is 5.91 Å². The predicted molar refractivity (Wildman–Crippen MR) is 101 cm³/mol. The van der Waals surface area contributed by atoms with E-state index in [9.17, 15) is 4.79 Å². The summed E-state index contributed by atoms with van der Waals surface area (Å²) in [5, 5.41) is 3.18. The first kappa shape index (κ1) is 16.2. The van der Waals surface area contributed by atoms with Crippen LogP contribution in [0.1, 0.15) is 40.4 Å². The van der Waals surface area contributed by atoms with Crippen LogP contribution in [0.5, 0.6) is 0 Å². The molecule has 1 aromatic carbocycles. The first-order chi connectivity index (χ1) is 13.3. The van der Waals surface area contributed by atoms with Crippen LogP contribution < -0.4 is 5.32 Å². The Hall–Kier alpha value is -3.02. The Bertz CT molecular complexity index is 995. The quantitative estimate of drug-likeness (QED) is 0.780. The number of carbonyl (C=O) groups is 1. The van der Waals surface area contributed by atoms with Crippen LogP contribution in [0.25, 0.3) is 11.4 Å². The third-order valence-electron chi connectivity index (χ3n) is 5.47. The zero-order valence-electron chi connectivity index (χ0n) is 15.1. The second-order valence-corrected chi connectivity index (χ2v) is 7.26. The van der Waals surface area contributed by atoms with Crippen molar-refractivity contribution in [3.05, 3.63) is 65.5 Å². The van der Waals surface area contributed by atoms with Gasteiger partial charge < -0.3 is 9.88 Å². The minimum absolute atomic E-state index is 0.0223. The van der Waals surface area contributed by atoms with Crippen molar-refractivity contribution in [3.63, 3.8) is 0 Å². The largest absolute Gasteiger partial charge is 0.348 e. The third-order valence-corrected chi connectivity index (χ3v) is 5.47. The van der Waals surface area contributed by atoms with Gasteiger partial charge >= 0.3 is 0 Å². The zero-order valence-corrected chi connectivity index (χ0v) is 15.1. The fraction of sp³-hybridized carbons (Fsp3) is 0.333. The average molecular weight is 359 g/mol. The molecule has 0 radical (unpaired) electrons. The molecule has 1 aliphatic carbocycles. The Morgan fingerprint density at radius 3 is 2.89 bits per heavy atom. The van der Waals surface area contributed by atoms with Gasteiger partial charge in [-0.3, -0.25) is 4.79 Å². The lowest BCUT2D eigenvalue weighted by Crippen LogP contribution is -2.39. The van der Waals surface area contributed by atoms with E-state index in [0.717, 1.165) is 67.1 Å². The number of carbonyl (C=O) groups excluding carboxylic acids is 1. The number of rotatable bonds is 3. The van der Waals surface area contributed by atoms with Crippen molar-refractivity contribution in [2.75, 3.05) is 0 Å². The summed E-state index contributed by atoms with van der Waals surface area (Å²) in [6.07, 6.45) is 8.18. The first-order valence-corrected chi connectivity index (χ1v) is 9.53. The van der Waals surface area contributed by atoms with Gasteiger partial charge in [0.2, 0.25) is 0 Å². The van der Waals surface area contributed by atoms with Gasteiger partial charge in [0, 0.05) is 36.5 Å². The van der Waals surface area contributed by atoms with E-state index in [0.29, 0.717) is 5.69 Å². The third kappa shape index (κ3) is 3.01. The zero-order chi connectivity index (χ0) is 18.2. The lowest BCUT2D eigenvalue weighted by molar-refractivity contribution is 0.0924. The number of hydrogen-bond acceptors (Lipinski definition) is 4. The lowest BCUT2D eigenvalue weighted by Gasteiger charge is -2.25. The molecule has 0 fully saturated rings. The summed E-state index contributed by atoms with van der Waals surface area (Å²) in [5.74, 6) is 1.77. The second kappa shape index (κ2) is 6.61. The summed E-state index contributed by atoms with van der Waals surface area (Å²) < 4.78 is 2.04. The molecule has 0 saturated carbocycles. The predicted octanol–water partition coefficient (Wildman–Crippen LogP) is 2.57. The Kier molecular flexibility index (Phi) is 3.96. The minimum Gasteiger partial charge on any atom is -0.348 e. The average Bonchev–Trinajstić information content (AvgIpc) is 3.32. The van der Waals surface area contributed by atoms with Crippen LogP contribution in [0.2, 0.25) is 0 Å². The maximum Gasteiger partial charge on any atom is 0.269 e. The number of imidazole rings is 1. The van der Waals surface area contributed by atoms with Crippen LogP contribution in [0.15, 0.2) is 42.7 Å². The molecule has 0 bridgehead atoms. The van der Waals surface area contributed by atoms with Crippen LogP contribution >= 0.6 is 0 Å². The van der Waals surface area contributed by atoms with Gasteiger partial charge in [-0.05, 0) is 31.2 Å². The standard InChI is InChI=1S/C21H21N5O/c27-21(18-13-22-19-7-4-10-26(18)19)24-16-8-9-17-15(11-16)12-23-20(25-17)14-5-2-1-3-6-14/h1-3,5-6,12-13,16H,4,7-11H2,(H,24,27). The van der Waals surface area contributed by atoms with E-state index in [1.165, 1.54) is 0 Å². The molecule has 136 valence electrons. The minimum atomic E-state index is -0.0223. The van der Waals surface area contributed by atoms with Gasteiger partial charge in [-0.2, -0.15) is 0 Å². The van der Waals surface area contributed by atoms with Gasteiger partial charge in [-0.25, -0.2) is 15.0 Å². The molecule has 1 atom stereocenters. The van der Waals surface area contributed by atoms with Crippen molar-refractivity contribution in [2.45, 2.75) is 44.7 Å². The highest BCUT2D eigenvalue weighted by Gasteiger charge is 2.25. The highest BCUT2D eigenvalue weighted by atomic mass is 16.2. The van der Waals surface area contributed by atoms with Crippen molar-refractivity contribution in [2.24, 2.45) is 0 Å². The van der Waals surface area contributed by atoms with Gasteiger partial charge in [0.05, 0.1) is 6.20 Å². The SMILES string of the molecule is O=C(NC1CCc2nc(-c3ccccc3)ncc2C1)c1cnc2n1CCC2. The molecule has 1 aliphatic heterocycles. The van der Waals surface area contributed by atoms with Crippen LogP contribution in [-0.4, -0.2) is 31.5 Å². The topological polar surface area (TPSA) is 72.7 Å². The van der Waals surface area contributed by atoms with Crippen LogP contribution in [-0.2, 0) is 25.8 Å². The second-order valence-electron chi connectivity index (χ2n) is 7.26. The maximum absolute atomic E-state index is 12.7. The van der Waals surface area contributed by atoms with Crippen LogP contribution in [0, 0.1) is 0 Å². The normalized spacial score (nSPS) is 18.0. The molecule has 0 saturated heterocycles. The number of fused-ring (bicyclic) bond motifs is 2.